The van der Waals surface area contributed by atoms with E-state index in [0.717, 1.165) is 26.9 Å². The first kappa shape index (κ1) is 14.9. The molecule has 1 amide bonds. The predicted octanol–water partition coefficient (Wildman–Crippen LogP) is 0.571. The number of nitrogens with zero attached hydrogens (tertiary/aromatic N) is 2. The molecule has 0 spiro atoms. The molecule has 3 N–H and O–H groups in total. The molecule has 0 radical (unpaired) electrons. The van der Waals surface area contributed by atoms with E-state index in [-0.39, 0.29) is 5.82 Å². The van der Waals surface area contributed by atoms with Crippen LogP contribution < -0.4 is 15.7 Å². The molecule has 0 bridgehead atoms. The van der Waals surface area contributed by atoms with Gasteiger partial charge in [-0.3, -0.25) is 9.78 Å². The molecule has 0 aliphatic rings. The third-order valence-electron chi connectivity index (χ3n) is 3.64. The standard InChI is InChI=1S/C15H17N5O3/c1-20-15(22)18-13(19-20)14(21)16-6-5-9-8-17-12-4-3-10(23-2)7-11(9)12/h3-4,7-8,17H,5-6H2,1-2H3,(H,16,21)(H,18,19,22). The molecule has 120 valence electrons. The number of aryl methyl sites for hydroxylation is 1. The number of fused-ring (bicyclic) bond motifs is 1. The lowest BCUT2D eigenvalue weighted by Gasteiger charge is -2.03. The maximum Gasteiger partial charge on any atom is 0.343 e. The number of hydrogen-bond acceptors (Lipinski definition) is 4. The molecule has 0 saturated carbocycles. The van der Waals surface area contributed by atoms with E-state index in [2.05, 4.69) is 20.4 Å². The largest absolute Gasteiger partial charge is 0.497 e. The molecule has 2 heterocycles. The fraction of sp³-hybridized carbons (Fsp3) is 0.267. The van der Waals surface area contributed by atoms with Crippen molar-refractivity contribution in [3.05, 3.63) is 46.3 Å². The number of ether oxygens (including phenoxy) is 1. The summed E-state index contributed by atoms with van der Waals surface area (Å²) in [5.41, 5.74) is 1.67. The van der Waals surface area contributed by atoms with E-state index in [1.807, 2.05) is 24.4 Å². The van der Waals surface area contributed by atoms with Gasteiger partial charge in [0, 0.05) is 30.7 Å². The van der Waals surface area contributed by atoms with Crippen LogP contribution in [0.4, 0.5) is 0 Å². The SMILES string of the molecule is COc1ccc2[nH]cc(CCNC(=O)c3nn(C)c(=O)[nH]3)c2c1. The van der Waals surface area contributed by atoms with Crippen LogP contribution in [0.5, 0.6) is 5.75 Å². The zero-order valence-electron chi connectivity index (χ0n) is 12.8. The lowest BCUT2D eigenvalue weighted by molar-refractivity contribution is 0.0943. The molecule has 0 fully saturated rings. The summed E-state index contributed by atoms with van der Waals surface area (Å²) < 4.78 is 6.32. The summed E-state index contributed by atoms with van der Waals surface area (Å²) in [6.45, 7) is 0.432. The Morgan fingerprint density at radius 1 is 1.43 bits per heavy atom. The van der Waals surface area contributed by atoms with E-state index < -0.39 is 11.6 Å². The molecule has 3 rings (SSSR count). The number of benzene rings is 1. The monoisotopic (exact) mass is 315 g/mol. The van der Waals surface area contributed by atoms with E-state index in [1.54, 1.807) is 7.11 Å². The normalized spacial score (nSPS) is 10.9. The maximum atomic E-state index is 11.9. The minimum Gasteiger partial charge on any atom is -0.497 e. The van der Waals surface area contributed by atoms with E-state index in [4.69, 9.17) is 4.74 Å². The van der Waals surface area contributed by atoms with Crippen molar-refractivity contribution in [3.8, 4) is 5.75 Å². The molecule has 0 aliphatic carbocycles. The van der Waals surface area contributed by atoms with Crippen molar-refractivity contribution in [2.75, 3.05) is 13.7 Å². The Bertz CT molecular complexity index is 905. The van der Waals surface area contributed by atoms with E-state index in [1.165, 1.54) is 7.05 Å². The van der Waals surface area contributed by atoms with Crippen molar-refractivity contribution >= 4 is 16.8 Å². The highest BCUT2D eigenvalue weighted by molar-refractivity contribution is 5.90. The number of hydrogen-bond donors (Lipinski definition) is 3. The Labute approximate surface area is 131 Å². The van der Waals surface area contributed by atoms with Crippen LogP contribution in [0.1, 0.15) is 16.2 Å². The van der Waals surface area contributed by atoms with Gasteiger partial charge in [0.1, 0.15) is 5.75 Å². The molecule has 0 saturated heterocycles. The molecule has 8 heteroatoms. The van der Waals surface area contributed by atoms with Crippen molar-refractivity contribution in [2.24, 2.45) is 7.05 Å². The van der Waals surface area contributed by atoms with Gasteiger partial charge in [0.2, 0.25) is 5.82 Å². The molecular weight excluding hydrogens is 298 g/mol. The summed E-state index contributed by atoms with van der Waals surface area (Å²) in [4.78, 5) is 28.8. The van der Waals surface area contributed by atoms with Crippen molar-refractivity contribution in [1.29, 1.82) is 0 Å². The summed E-state index contributed by atoms with van der Waals surface area (Å²) in [7, 11) is 3.11. The first-order valence-corrected chi connectivity index (χ1v) is 7.14. The van der Waals surface area contributed by atoms with Crippen LogP contribution in [0, 0.1) is 0 Å². The highest BCUT2D eigenvalue weighted by Crippen LogP contribution is 2.23. The Hall–Kier alpha value is -3.03. The highest BCUT2D eigenvalue weighted by atomic mass is 16.5. The highest BCUT2D eigenvalue weighted by Gasteiger charge is 2.11. The molecule has 1 aromatic carbocycles. The zero-order valence-corrected chi connectivity index (χ0v) is 12.8. The van der Waals surface area contributed by atoms with Gasteiger partial charge in [-0.25, -0.2) is 9.48 Å². The number of amides is 1. The number of aromatic amines is 2. The molecule has 0 aliphatic heterocycles. The fourth-order valence-corrected chi connectivity index (χ4v) is 2.39. The molecule has 2 aromatic heterocycles. The number of methoxy groups -OCH3 is 1. The third-order valence-corrected chi connectivity index (χ3v) is 3.64. The van der Waals surface area contributed by atoms with Gasteiger partial charge in [0.25, 0.3) is 5.91 Å². The van der Waals surface area contributed by atoms with Gasteiger partial charge in [0.05, 0.1) is 7.11 Å². The Morgan fingerprint density at radius 2 is 2.26 bits per heavy atom. The minimum absolute atomic E-state index is 0.0121. The van der Waals surface area contributed by atoms with Crippen LogP contribution in [-0.4, -0.2) is 39.3 Å². The van der Waals surface area contributed by atoms with Crippen LogP contribution >= 0.6 is 0 Å². The summed E-state index contributed by atoms with van der Waals surface area (Å²) in [5.74, 6) is 0.395. The maximum absolute atomic E-state index is 11.9. The number of aromatic nitrogens is 4. The second-order valence-corrected chi connectivity index (χ2v) is 5.13. The molecule has 23 heavy (non-hydrogen) atoms. The molecule has 3 aromatic rings. The van der Waals surface area contributed by atoms with Gasteiger partial charge in [-0.15, -0.1) is 5.10 Å². The van der Waals surface area contributed by atoms with E-state index >= 15 is 0 Å². The average molecular weight is 315 g/mol. The average Bonchev–Trinajstić information content (AvgIpc) is 3.10. The minimum atomic E-state index is -0.418. The van der Waals surface area contributed by atoms with Crippen LogP contribution in [0.3, 0.4) is 0 Å². The van der Waals surface area contributed by atoms with Crippen molar-refractivity contribution in [2.45, 2.75) is 6.42 Å². The second-order valence-electron chi connectivity index (χ2n) is 5.13. The Kier molecular flexibility index (Phi) is 3.88. The van der Waals surface area contributed by atoms with Crippen LogP contribution in [-0.2, 0) is 13.5 Å². The quantitative estimate of drug-likeness (QED) is 0.640. The number of H-pyrrole nitrogens is 2. The Balaban J connectivity index is 1.66. The fourth-order valence-electron chi connectivity index (χ4n) is 2.39. The van der Waals surface area contributed by atoms with Gasteiger partial charge in [-0.1, -0.05) is 0 Å². The van der Waals surface area contributed by atoms with Gasteiger partial charge < -0.3 is 15.0 Å². The predicted molar refractivity (Wildman–Crippen MR) is 84.7 cm³/mol. The van der Waals surface area contributed by atoms with Crippen LogP contribution in [0.2, 0.25) is 0 Å². The topological polar surface area (TPSA) is 105 Å². The summed E-state index contributed by atoms with van der Waals surface area (Å²) in [6.07, 6.45) is 2.56. The summed E-state index contributed by atoms with van der Waals surface area (Å²) in [6, 6.07) is 5.80. The van der Waals surface area contributed by atoms with Gasteiger partial charge >= 0.3 is 5.69 Å². The van der Waals surface area contributed by atoms with Gasteiger partial charge in [-0.05, 0) is 30.2 Å². The third kappa shape index (κ3) is 2.96. The molecule has 8 nitrogen and oxygen atoms in total. The smallest absolute Gasteiger partial charge is 0.343 e. The van der Waals surface area contributed by atoms with Gasteiger partial charge in [-0.2, -0.15) is 0 Å². The van der Waals surface area contributed by atoms with Crippen molar-refractivity contribution in [3.63, 3.8) is 0 Å². The first-order chi connectivity index (χ1) is 11.1. The summed E-state index contributed by atoms with van der Waals surface area (Å²) >= 11 is 0. The van der Waals surface area contributed by atoms with E-state index in [9.17, 15) is 9.59 Å². The molecular formula is C15H17N5O3. The number of rotatable bonds is 5. The van der Waals surface area contributed by atoms with E-state index in [0.29, 0.717) is 13.0 Å². The van der Waals surface area contributed by atoms with Gasteiger partial charge in [0.15, 0.2) is 0 Å². The van der Waals surface area contributed by atoms with Crippen molar-refractivity contribution < 1.29 is 9.53 Å². The number of carbonyl (C=O) groups is 1. The number of nitrogens with one attached hydrogen (secondary N) is 3. The molecule has 0 unspecified atom stereocenters. The first-order valence-electron chi connectivity index (χ1n) is 7.14. The zero-order chi connectivity index (χ0) is 16.4. The molecule has 0 atom stereocenters. The summed E-state index contributed by atoms with van der Waals surface area (Å²) in [5, 5.41) is 7.61. The second kappa shape index (κ2) is 5.99. The van der Waals surface area contributed by atoms with Crippen LogP contribution in [0.25, 0.3) is 10.9 Å². The lowest BCUT2D eigenvalue weighted by Crippen LogP contribution is -2.27. The lowest BCUT2D eigenvalue weighted by atomic mass is 10.1. The van der Waals surface area contributed by atoms with Crippen molar-refractivity contribution in [1.82, 2.24) is 25.1 Å². The Morgan fingerprint density at radius 3 is 2.96 bits per heavy atom. The number of carbonyl (C=O) groups excluding carboxylic acids is 1. The van der Waals surface area contributed by atoms with Crippen LogP contribution in [0.15, 0.2) is 29.2 Å².